The Morgan fingerprint density at radius 3 is 2.58 bits per heavy atom. The summed E-state index contributed by atoms with van der Waals surface area (Å²) in [6.07, 6.45) is 0. The van der Waals surface area contributed by atoms with E-state index in [9.17, 15) is 14.9 Å². The fourth-order valence-electron chi connectivity index (χ4n) is 1.44. The van der Waals surface area contributed by atoms with E-state index in [1.807, 2.05) is 0 Å². The van der Waals surface area contributed by atoms with Crippen molar-refractivity contribution in [2.75, 3.05) is 0 Å². The van der Waals surface area contributed by atoms with Crippen molar-refractivity contribution < 1.29 is 14.5 Å². The summed E-state index contributed by atoms with van der Waals surface area (Å²) >= 11 is 5.76. The Morgan fingerprint density at radius 2 is 1.89 bits per heavy atom. The van der Waals surface area contributed by atoms with Crippen LogP contribution in [-0.2, 0) is 0 Å². The van der Waals surface area contributed by atoms with Gasteiger partial charge in [-0.2, -0.15) is 0 Å². The number of non-ortho nitro benzene ring substituents is 1. The SMILES string of the molecule is O=C(Oc1cccc([N+](=O)[O-])c1)c1cccc(Cl)c1. The third-order valence-corrected chi connectivity index (χ3v) is 2.53. The van der Waals surface area contributed by atoms with Crippen LogP contribution in [0.4, 0.5) is 5.69 Å². The van der Waals surface area contributed by atoms with E-state index >= 15 is 0 Å². The van der Waals surface area contributed by atoms with Gasteiger partial charge >= 0.3 is 5.97 Å². The molecule has 0 heterocycles. The third kappa shape index (κ3) is 3.29. The molecule has 0 aliphatic heterocycles. The largest absolute Gasteiger partial charge is 0.423 e. The first-order valence-electron chi connectivity index (χ1n) is 5.28. The van der Waals surface area contributed by atoms with Crippen molar-refractivity contribution in [1.82, 2.24) is 0 Å². The summed E-state index contributed by atoms with van der Waals surface area (Å²) < 4.78 is 5.04. The van der Waals surface area contributed by atoms with Crippen LogP contribution in [0.5, 0.6) is 5.75 Å². The first-order chi connectivity index (χ1) is 9.06. The molecule has 96 valence electrons. The Bertz CT molecular complexity index is 642. The Balaban J connectivity index is 2.19. The number of esters is 1. The topological polar surface area (TPSA) is 69.4 Å². The average Bonchev–Trinajstić information content (AvgIpc) is 2.39. The molecule has 0 bridgehead atoms. The standard InChI is InChI=1S/C13H8ClNO4/c14-10-4-1-3-9(7-10)13(16)19-12-6-2-5-11(8-12)15(17)18/h1-8H. The molecule has 0 N–H and O–H groups in total. The van der Waals surface area contributed by atoms with Crippen molar-refractivity contribution in [2.45, 2.75) is 0 Å². The molecule has 0 fully saturated rings. The van der Waals surface area contributed by atoms with E-state index in [0.29, 0.717) is 5.02 Å². The summed E-state index contributed by atoms with van der Waals surface area (Å²) in [5.74, 6) is -0.512. The van der Waals surface area contributed by atoms with E-state index in [-0.39, 0.29) is 17.0 Å². The van der Waals surface area contributed by atoms with Crippen LogP contribution in [0.2, 0.25) is 5.02 Å². The number of halogens is 1. The highest BCUT2D eigenvalue weighted by atomic mass is 35.5. The Morgan fingerprint density at radius 1 is 1.16 bits per heavy atom. The first-order valence-corrected chi connectivity index (χ1v) is 5.66. The minimum absolute atomic E-state index is 0.110. The highest BCUT2D eigenvalue weighted by molar-refractivity contribution is 6.30. The summed E-state index contributed by atoms with van der Waals surface area (Å²) in [4.78, 5) is 21.8. The van der Waals surface area contributed by atoms with Crippen molar-refractivity contribution in [2.24, 2.45) is 0 Å². The second-order valence-electron chi connectivity index (χ2n) is 3.65. The van der Waals surface area contributed by atoms with Crippen molar-refractivity contribution in [3.8, 4) is 5.75 Å². The molecule has 0 aromatic heterocycles. The van der Waals surface area contributed by atoms with Gasteiger partial charge in [0, 0.05) is 11.1 Å². The van der Waals surface area contributed by atoms with Crippen LogP contribution in [0.1, 0.15) is 10.4 Å². The van der Waals surface area contributed by atoms with Gasteiger partial charge in [-0.25, -0.2) is 4.79 Å². The first kappa shape index (κ1) is 13.0. The van der Waals surface area contributed by atoms with Crippen LogP contribution in [0, 0.1) is 10.1 Å². The number of benzene rings is 2. The summed E-state index contributed by atoms with van der Waals surface area (Å²) in [5, 5.41) is 11.0. The molecule has 6 heteroatoms. The van der Waals surface area contributed by atoms with Gasteiger partial charge in [0.1, 0.15) is 5.75 Å². The average molecular weight is 278 g/mol. The van der Waals surface area contributed by atoms with Gasteiger partial charge in [0.15, 0.2) is 0 Å². The number of carbonyl (C=O) groups excluding carboxylic acids is 1. The number of ether oxygens (including phenoxy) is 1. The predicted molar refractivity (Wildman–Crippen MR) is 69.5 cm³/mol. The number of hydrogen-bond donors (Lipinski definition) is 0. The molecule has 0 atom stereocenters. The second-order valence-corrected chi connectivity index (χ2v) is 4.09. The van der Waals surface area contributed by atoms with Gasteiger partial charge < -0.3 is 4.74 Å². The molecular formula is C13H8ClNO4. The fraction of sp³-hybridized carbons (Fsp3) is 0. The Hall–Kier alpha value is -2.40. The van der Waals surface area contributed by atoms with E-state index in [0.717, 1.165) is 0 Å². The number of rotatable bonds is 3. The van der Waals surface area contributed by atoms with Crippen LogP contribution >= 0.6 is 11.6 Å². The zero-order chi connectivity index (χ0) is 13.8. The zero-order valence-electron chi connectivity index (χ0n) is 9.58. The van der Waals surface area contributed by atoms with Gasteiger partial charge in [0.05, 0.1) is 16.6 Å². The molecule has 0 aliphatic rings. The number of carbonyl (C=O) groups is 1. The molecular weight excluding hydrogens is 270 g/mol. The summed E-state index contributed by atoms with van der Waals surface area (Å²) in [5.41, 5.74) is 0.135. The van der Waals surface area contributed by atoms with Gasteiger partial charge in [0.25, 0.3) is 5.69 Å². The van der Waals surface area contributed by atoms with Crippen LogP contribution in [0.3, 0.4) is 0 Å². The Labute approximate surface area is 113 Å². The summed E-state index contributed by atoms with van der Waals surface area (Å²) in [6, 6.07) is 11.7. The van der Waals surface area contributed by atoms with Gasteiger partial charge in [-0.3, -0.25) is 10.1 Å². The molecule has 0 saturated heterocycles. The van der Waals surface area contributed by atoms with Gasteiger partial charge in [-0.05, 0) is 24.3 Å². The number of nitro benzene ring substituents is 1. The third-order valence-electron chi connectivity index (χ3n) is 2.30. The highest BCUT2D eigenvalue weighted by Crippen LogP contribution is 2.20. The smallest absolute Gasteiger partial charge is 0.343 e. The number of nitro groups is 1. The normalized spacial score (nSPS) is 9.95. The molecule has 19 heavy (non-hydrogen) atoms. The van der Waals surface area contributed by atoms with E-state index < -0.39 is 10.9 Å². The van der Waals surface area contributed by atoms with Crippen molar-refractivity contribution in [1.29, 1.82) is 0 Å². The van der Waals surface area contributed by atoms with Crippen molar-refractivity contribution >= 4 is 23.3 Å². The van der Waals surface area contributed by atoms with Crippen molar-refractivity contribution in [3.05, 3.63) is 69.2 Å². The molecule has 0 saturated carbocycles. The summed E-state index contributed by atoms with van der Waals surface area (Å²) in [7, 11) is 0. The number of hydrogen-bond acceptors (Lipinski definition) is 4. The lowest BCUT2D eigenvalue weighted by atomic mass is 10.2. The zero-order valence-corrected chi connectivity index (χ0v) is 10.3. The van der Waals surface area contributed by atoms with E-state index in [4.69, 9.17) is 16.3 Å². The molecule has 0 amide bonds. The maximum Gasteiger partial charge on any atom is 0.343 e. The maximum absolute atomic E-state index is 11.8. The monoisotopic (exact) mass is 277 g/mol. The molecule has 5 nitrogen and oxygen atoms in total. The minimum Gasteiger partial charge on any atom is -0.423 e. The van der Waals surface area contributed by atoms with Crippen LogP contribution < -0.4 is 4.74 Å². The molecule has 0 aliphatic carbocycles. The second kappa shape index (κ2) is 5.49. The highest BCUT2D eigenvalue weighted by Gasteiger charge is 2.12. The minimum atomic E-state index is -0.622. The molecule has 2 aromatic rings. The Kier molecular flexibility index (Phi) is 3.77. The van der Waals surface area contributed by atoms with Gasteiger partial charge in [-0.1, -0.05) is 23.7 Å². The van der Waals surface area contributed by atoms with Crippen molar-refractivity contribution in [3.63, 3.8) is 0 Å². The van der Waals surface area contributed by atoms with Crippen LogP contribution in [-0.4, -0.2) is 10.9 Å². The molecule has 0 radical (unpaired) electrons. The lowest BCUT2D eigenvalue weighted by molar-refractivity contribution is -0.384. The fourth-order valence-corrected chi connectivity index (χ4v) is 1.63. The quantitative estimate of drug-likeness (QED) is 0.373. The van der Waals surface area contributed by atoms with E-state index in [1.165, 1.54) is 30.3 Å². The molecule has 0 unspecified atom stereocenters. The van der Waals surface area contributed by atoms with Crippen LogP contribution in [0.15, 0.2) is 48.5 Å². The molecule has 2 rings (SSSR count). The summed E-state index contributed by atoms with van der Waals surface area (Å²) in [6.45, 7) is 0. The predicted octanol–water partition coefficient (Wildman–Crippen LogP) is 3.47. The lowest BCUT2D eigenvalue weighted by Gasteiger charge is -2.04. The van der Waals surface area contributed by atoms with E-state index in [2.05, 4.69) is 0 Å². The van der Waals surface area contributed by atoms with Crippen LogP contribution in [0.25, 0.3) is 0 Å². The molecule has 2 aromatic carbocycles. The van der Waals surface area contributed by atoms with Gasteiger partial charge in [0.2, 0.25) is 0 Å². The lowest BCUT2D eigenvalue weighted by Crippen LogP contribution is -2.08. The van der Waals surface area contributed by atoms with Gasteiger partial charge in [-0.15, -0.1) is 0 Å². The molecule has 0 spiro atoms. The van der Waals surface area contributed by atoms with E-state index in [1.54, 1.807) is 18.2 Å². The maximum atomic E-state index is 11.8. The number of nitrogens with zero attached hydrogens (tertiary/aromatic N) is 1.